The summed E-state index contributed by atoms with van der Waals surface area (Å²) in [5, 5.41) is 12.8. The third kappa shape index (κ3) is 2.38. The minimum absolute atomic E-state index is 0.107. The number of rotatable bonds is 2. The molecule has 1 aliphatic heterocycles. The standard InChI is InChI=1S/C11H13BrFNO3/c1-16-11-7(15)4-6(12)10(13)9(11)8-5-14-2-3-17-8/h4,8,14-15H,2-3,5H2,1H3. The third-order valence-corrected chi connectivity index (χ3v) is 3.22. The fraction of sp³-hybridized carbons (Fsp3) is 0.455. The van der Waals surface area contributed by atoms with Crippen molar-refractivity contribution in [1.29, 1.82) is 0 Å². The molecule has 1 aromatic carbocycles. The van der Waals surface area contributed by atoms with Gasteiger partial charge in [-0.1, -0.05) is 0 Å². The van der Waals surface area contributed by atoms with Gasteiger partial charge >= 0.3 is 0 Å². The molecule has 1 saturated heterocycles. The summed E-state index contributed by atoms with van der Waals surface area (Å²) in [6, 6.07) is 1.27. The van der Waals surface area contributed by atoms with Gasteiger partial charge in [0, 0.05) is 19.2 Å². The average Bonchev–Trinajstić information content (AvgIpc) is 2.34. The minimum atomic E-state index is -0.464. The van der Waals surface area contributed by atoms with Gasteiger partial charge in [-0.3, -0.25) is 0 Å². The van der Waals surface area contributed by atoms with Crippen molar-refractivity contribution in [1.82, 2.24) is 5.32 Å². The maximum atomic E-state index is 14.1. The molecular formula is C11H13BrFNO3. The minimum Gasteiger partial charge on any atom is -0.504 e. The van der Waals surface area contributed by atoms with Crippen molar-refractivity contribution < 1.29 is 19.0 Å². The van der Waals surface area contributed by atoms with Crippen LogP contribution in [0.15, 0.2) is 10.5 Å². The van der Waals surface area contributed by atoms with E-state index in [0.717, 1.165) is 6.54 Å². The average molecular weight is 306 g/mol. The van der Waals surface area contributed by atoms with Gasteiger partial charge in [-0.15, -0.1) is 0 Å². The van der Waals surface area contributed by atoms with Crippen LogP contribution in [0.5, 0.6) is 11.5 Å². The summed E-state index contributed by atoms with van der Waals surface area (Å²) in [5.74, 6) is -0.447. The van der Waals surface area contributed by atoms with E-state index in [1.165, 1.54) is 13.2 Å². The zero-order valence-electron chi connectivity index (χ0n) is 9.30. The van der Waals surface area contributed by atoms with Gasteiger partial charge in [-0.2, -0.15) is 0 Å². The van der Waals surface area contributed by atoms with E-state index in [1.54, 1.807) is 0 Å². The van der Waals surface area contributed by atoms with Gasteiger partial charge in [0.25, 0.3) is 0 Å². The summed E-state index contributed by atoms with van der Waals surface area (Å²) in [7, 11) is 1.39. The van der Waals surface area contributed by atoms with Gasteiger partial charge in [0.15, 0.2) is 11.5 Å². The molecule has 2 N–H and O–H groups in total. The van der Waals surface area contributed by atoms with Crippen LogP contribution in [0.25, 0.3) is 0 Å². The second kappa shape index (κ2) is 5.20. The van der Waals surface area contributed by atoms with Gasteiger partial charge in [0.1, 0.15) is 11.9 Å². The van der Waals surface area contributed by atoms with Crippen molar-refractivity contribution >= 4 is 15.9 Å². The molecule has 0 aromatic heterocycles. The van der Waals surface area contributed by atoms with Crippen LogP contribution < -0.4 is 10.1 Å². The van der Waals surface area contributed by atoms with E-state index in [2.05, 4.69) is 21.2 Å². The fourth-order valence-electron chi connectivity index (χ4n) is 1.87. The third-order valence-electron chi connectivity index (χ3n) is 2.64. The van der Waals surface area contributed by atoms with Crippen molar-refractivity contribution in [3.8, 4) is 11.5 Å². The Kier molecular flexibility index (Phi) is 3.86. The van der Waals surface area contributed by atoms with Crippen LogP contribution in [-0.2, 0) is 4.74 Å². The normalized spacial score (nSPS) is 20.3. The molecular weight excluding hydrogens is 293 g/mol. The number of phenolic OH excluding ortho intramolecular Hbond substituents is 1. The summed E-state index contributed by atoms with van der Waals surface area (Å²) in [4.78, 5) is 0. The molecule has 1 fully saturated rings. The molecule has 0 aliphatic carbocycles. The highest BCUT2D eigenvalue weighted by atomic mass is 79.9. The first-order valence-corrected chi connectivity index (χ1v) is 6.01. The molecule has 17 heavy (non-hydrogen) atoms. The Morgan fingerprint density at radius 3 is 3.00 bits per heavy atom. The Labute approximate surface area is 107 Å². The number of phenols is 1. The van der Waals surface area contributed by atoms with Crippen molar-refractivity contribution in [3.05, 3.63) is 21.9 Å². The molecule has 1 aliphatic rings. The molecule has 0 saturated carbocycles. The highest BCUT2D eigenvalue weighted by molar-refractivity contribution is 9.10. The number of morpholine rings is 1. The number of aromatic hydroxyl groups is 1. The number of ether oxygens (including phenoxy) is 2. The van der Waals surface area contributed by atoms with Crippen LogP contribution in [0.4, 0.5) is 4.39 Å². The van der Waals surface area contributed by atoms with Gasteiger partial charge in [-0.25, -0.2) is 4.39 Å². The van der Waals surface area contributed by atoms with Crippen LogP contribution in [0.3, 0.4) is 0 Å². The van der Waals surface area contributed by atoms with E-state index in [9.17, 15) is 9.50 Å². The molecule has 1 atom stereocenters. The monoisotopic (exact) mass is 305 g/mol. The quantitative estimate of drug-likeness (QED) is 0.877. The summed E-state index contributed by atoms with van der Waals surface area (Å²) in [6.07, 6.45) is -0.456. The topological polar surface area (TPSA) is 50.7 Å². The summed E-state index contributed by atoms with van der Waals surface area (Å²) in [6.45, 7) is 1.73. The van der Waals surface area contributed by atoms with E-state index < -0.39 is 11.9 Å². The summed E-state index contributed by atoms with van der Waals surface area (Å²) >= 11 is 3.06. The zero-order valence-corrected chi connectivity index (χ0v) is 10.9. The fourth-order valence-corrected chi connectivity index (χ4v) is 2.30. The Morgan fingerprint density at radius 2 is 2.41 bits per heavy atom. The predicted molar refractivity (Wildman–Crippen MR) is 63.9 cm³/mol. The second-order valence-electron chi connectivity index (χ2n) is 3.70. The molecule has 94 valence electrons. The van der Waals surface area contributed by atoms with Crippen molar-refractivity contribution in [2.75, 3.05) is 26.8 Å². The van der Waals surface area contributed by atoms with E-state index in [1.807, 2.05) is 0 Å². The lowest BCUT2D eigenvalue weighted by atomic mass is 10.1. The maximum Gasteiger partial charge on any atom is 0.169 e. The first kappa shape index (κ1) is 12.6. The van der Waals surface area contributed by atoms with E-state index in [0.29, 0.717) is 13.2 Å². The first-order valence-electron chi connectivity index (χ1n) is 5.22. The van der Waals surface area contributed by atoms with E-state index >= 15 is 0 Å². The molecule has 0 bridgehead atoms. The molecule has 4 nitrogen and oxygen atoms in total. The van der Waals surface area contributed by atoms with Crippen molar-refractivity contribution in [2.45, 2.75) is 6.10 Å². The van der Waals surface area contributed by atoms with Gasteiger partial charge in [0.2, 0.25) is 0 Å². The van der Waals surface area contributed by atoms with Gasteiger partial charge in [-0.05, 0) is 15.9 Å². The smallest absolute Gasteiger partial charge is 0.169 e. The van der Waals surface area contributed by atoms with Crippen LogP contribution in [-0.4, -0.2) is 31.9 Å². The maximum absolute atomic E-state index is 14.1. The van der Waals surface area contributed by atoms with Crippen LogP contribution >= 0.6 is 15.9 Å². The number of halogens is 2. The molecule has 1 heterocycles. The van der Waals surface area contributed by atoms with Crippen molar-refractivity contribution in [3.63, 3.8) is 0 Å². The molecule has 2 rings (SSSR count). The Morgan fingerprint density at radius 1 is 1.65 bits per heavy atom. The van der Waals surface area contributed by atoms with Gasteiger partial charge < -0.3 is 19.9 Å². The number of hydrogen-bond donors (Lipinski definition) is 2. The van der Waals surface area contributed by atoms with E-state index in [4.69, 9.17) is 9.47 Å². The SMILES string of the molecule is COc1c(O)cc(Br)c(F)c1C1CNCCO1. The largest absolute Gasteiger partial charge is 0.504 e. The summed E-state index contributed by atoms with van der Waals surface area (Å²) < 4.78 is 24.8. The number of hydrogen-bond acceptors (Lipinski definition) is 4. The molecule has 6 heteroatoms. The number of benzene rings is 1. The van der Waals surface area contributed by atoms with Crippen LogP contribution in [0.2, 0.25) is 0 Å². The highest BCUT2D eigenvalue weighted by Crippen LogP contribution is 2.41. The van der Waals surface area contributed by atoms with Gasteiger partial charge in [0.05, 0.1) is 23.8 Å². The number of methoxy groups -OCH3 is 1. The Hall–Kier alpha value is -0.850. The molecule has 1 unspecified atom stereocenters. The molecule has 1 aromatic rings. The van der Waals surface area contributed by atoms with Crippen molar-refractivity contribution in [2.24, 2.45) is 0 Å². The van der Waals surface area contributed by atoms with Crippen LogP contribution in [0, 0.1) is 5.82 Å². The van der Waals surface area contributed by atoms with E-state index in [-0.39, 0.29) is 21.5 Å². The zero-order chi connectivity index (χ0) is 12.4. The lowest BCUT2D eigenvalue weighted by Gasteiger charge is -2.26. The molecule has 0 amide bonds. The second-order valence-corrected chi connectivity index (χ2v) is 4.56. The first-order chi connectivity index (χ1) is 8.15. The summed E-state index contributed by atoms with van der Waals surface area (Å²) in [5.41, 5.74) is 0.242. The lowest BCUT2D eigenvalue weighted by Crippen LogP contribution is -2.34. The highest BCUT2D eigenvalue weighted by Gasteiger charge is 2.27. The number of nitrogens with one attached hydrogen (secondary N) is 1. The lowest BCUT2D eigenvalue weighted by molar-refractivity contribution is 0.0237. The van der Waals surface area contributed by atoms with Crippen LogP contribution in [0.1, 0.15) is 11.7 Å². The Bertz CT molecular complexity index is 422. The Balaban J connectivity index is 2.48. The molecule has 0 radical (unpaired) electrons. The predicted octanol–water partition coefficient (Wildman–Crippen LogP) is 1.96. The molecule has 0 spiro atoms.